The van der Waals surface area contributed by atoms with E-state index in [1.807, 2.05) is 37.3 Å². The average molecular weight is 361 g/mol. The molecule has 0 fully saturated rings. The molecule has 0 radical (unpaired) electrons. The van der Waals surface area contributed by atoms with Gasteiger partial charge in [-0.15, -0.1) is 0 Å². The number of carbonyl (C=O) groups excluding carboxylic acids is 1. The number of hydrogen-bond acceptors (Lipinski definition) is 6. The Morgan fingerprint density at radius 1 is 1.19 bits per heavy atom. The van der Waals surface area contributed by atoms with Gasteiger partial charge in [-0.3, -0.25) is 9.78 Å². The molecule has 27 heavy (non-hydrogen) atoms. The van der Waals surface area contributed by atoms with Crippen molar-refractivity contribution in [3.05, 3.63) is 54.7 Å². The van der Waals surface area contributed by atoms with Crippen LogP contribution in [0.25, 0.3) is 21.7 Å². The van der Waals surface area contributed by atoms with Crippen molar-refractivity contribution in [1.29, 1.82) is 0 Å². The fourth-order valence-corrected chi connectivity index (χ4v) is 2.98. The number of amides is 1. The van der Waals surface area contributed by atoms with Crippen LogP contribution >= 0.6 is 0 Å². The van der Waals surface area contributed by atoms with Crippen molar-refractivity contribution in [2.75, 3.05) is 17.6 Å². The van der Waals surface area contributed by atoms with E-state index in [1.54, 1.807) is 18.6 Å². The summed E-state index contributed by atoms with van der Waals surface area (Å²) in [6.07, 6.45) is 5.79. The van der Waals surface area contributed by atoms with Crippen molar-refractivity contribution in [2.45, 2.75) is 13.3 Å². The number of benzene rings is 1. The number of furan rings is 1. The van der Waals surface area contributed by atoms with Gasteiger partial charge in [0.05, 0.1) is 11.9 Å². The summed E-state index contributed by atoms with van der Waals surface area (Å²) in [6.45, 7) is 2.58. The van der Waals surface area contributed by atoms with Crippen LogP contribution in [0.5, 0.6) is 0 Å². The summed E-state index contributed by atoms with van der Waals surface area (Å²) < 4.78 is 5.77. The summed E-state index contributed by atoms with van der Waals surface area (Å²) in [5, 5.41) is 8.81. The molecule has 4 N–H and O–H groups in total. The van der Waals surface area contributed by atoms with Crippen molar-refractivity contribution in [2.24, 2.45) is 0 Å². The maximum Gasteiger partial charge on any atom is 0.289 e. The molecule has 0 saturated heterocycles. The lowest BCUT2D eigenvalue weighted by Gasteiger charge is -2.09. The number of nitrogens with one attached hydrogen (secondary N) is 2. The third-order valence-electron chi connectivity index (χ3n) is 4.30. The number of pyridine rings is 2. The Balaban J connectivity index is 1.77. The lowest BCUT2D eigenvalue weighted by molar-refractivity contribution is 0.0929. The van der Waals surface area contributed by atoms with E-state index >= 15 is 0 Å². The van der Waals surface area contributed by atoms with E-state index < -0.39 is 0 Å². The van der Waals surface area contributed by atoms with Gasteiger partial charge in [-0.25, -0.2) is 4.98 Å². The minimum Gasteiger partial charge on any atom is -0.447 e. The fourth-order valence-electron chi connectivity index (χ4n) is 2.98. The number of nitrogens with zero attached hydrogens (tertiary/aromatic N) is 2. The molecule has 136 valence electrons. The smallest absolute Gasteiger partial charge is 0.289 e. The normalized spacial score (nSPS) is 11.0. The third-order valence-corrected chi connectivity index (χ3v) is 4.30. The first kappa shape index (κ1) is 16.8. The topological polar surface area (TPSA) is 106 Å². The van der Waals surface area contributed by atoms with Crippen LogP contribution in [0.3, 0.4) is 0 Å². The van der Waals surface area contributed by atoms with Gasteiger partial charge in [0.2, 0.25) is 5.76 Å². The molecule has 0 aliphatic heterocycles. The van der Waals surface area contributed by atoms with E-state index in [0.29, 0.717) is 23.6 Å². The number of rotatable bonds is 5. The van der Waals surface area contributed by atoms with E-state index in [-0.39, 0.29) is 11.7 Å². The van der Waals surface area contributed by atoms with E-state index in [0.717, 1.165) is 28.3 Å². The number of nitrogen functional groups attached to an aromatic ring is 1. The van der Waals surface area contributed by atoms with Gasteiger partial charge >= 0.3 is 0 Å². The molecule has 0 aliphatic carbocycles. The molecular formula is C20H19N5O2. The predicted molar refractivity (Wildman–Crippen MR) is 106 cm³/mol. The van der Waals surface area contributed by atoms with Gasteiger partial charge in [-0.1, -0.05) is 6.92 Å². The molecule has 0 aliphatic rings. The zero-order chi connectivity index (χ0) is 18.8. The molecular weight excluding hydrogens is 342 g/mol. The lowest BCUT2D eigenvalue weighted by atomic mass is 10.1. The zero-order valence-corrected chi connectivity index (χ0v) is 14.8. The molecule has 3 heterocycles. The van der Waals surface area contributed by atoms with E-state index in [1.165, 1.54) is 0 Å². The Kier molecular flexibility index (Phi) is 4.33. The molecule has 1 aromatic carbocycles. The summed E-state index contributed by atoms with van der Waals surface area (Å²) in [4.78, 5) is 20.7. The van der Waals surface area contributed by atoms with Crippen LogP contribution in [0.4, 0.5) is 17.2 Å². The molecule has 1 amide bonds. The van der Waals surface area contributed by atoms with Crippen molar-refractivity contribution < 1.29 is 9.21 Å². The number of hydrogen-bond donors (Lipinski definition) is 3. The van der Waals surface area contributed by atoms with Crippen LogP contribution in [0.2, 0.25) is 0 Å². The first-order chi connectivity index (χ1) is 13.2. The summed E-state index contributed by atoms with van der Waals surface area (Å²) in [5.74, 6) is 0.462. The van der Waals surface area contributed by atoms with Gasteiger partial charge in [0.15, 0.2) is 5.58 Å². The van der Waals surface area contributed by atoms with Gasteiger partial charge in [0, 0.05) is 35.4 Å². The quantitative estimate of drug-likeness (QED) is 0.499. The van der Waals surface area contributed by atoms with Gasteiger partial charge in [0.1, 0.15) is 5.82 Å². The highest BCUT2D eigenvalue weighted by Crippen LogP contribution is 2.34. The second-order valence-electron chi connectivity index (χ2n) is 6.19. The average Bonchev–Trinajstić information content (AvgIpc) is 3.05. The van der Waals surface area contributed by atoms with Crippen LogP contribution in [0, 0.1) is 0 Å². The fraction of sp³-hybridized carbons (Fsp3) is 0.150. The highest BCUT2D eigenvalue weighted by molar-refractivity contribution is 6.07. The minimum atomic E-state index is -0.259. The Morgan fingerprint density at radius 2 is 2.07 bits per heavy atom. The molecule has 4 rings (SSSR count). The molecule has 3 aromatic heterocycles. The summed E-state index contributed by atoms with van der Waals surface area (Å²) in [5.41, 5.74) is 7.90. The maximum absolute atomic E-state index is 12.6. The SMILES string of the molecule is CCCNC(=O)c1oc2cnccc2c1Nc1ccc2c(N)nccc2c1. The van der Waals surface area contributed by atoms with Crippen LogP contribution in [0.15, 0.2) is 53.3 Å². The minimum absolute atomic E-state index is 0.237. The zero-order valence-electron chi connectivity index (χ0n) is 14.8. The van der Waals surface area contributed by atoms with Crippen LogP contribution in [-0.2, 0) is 0 Å². The number of nitrogens with two attached hydrogens (primary N) is 1. The molecule has 0 bridgehead atoms. The van der Waals surface area contributed by atoms with E-state index in [9.17, 15) is 4.79 Å². The number of aromatic nitrogens is 2. The van der Waals surface area contributed by atoms with Gasteiger partial charge in [0.25, 0.3) is 5.91 Å². The first-order valence-corrected chi connectivity index (χ1v) is 8.73. The second kappa shape index (κ2) is 6.95. The number of carbonyl (C=O) groups is 1. The second-order valence-corrected chi connectivity index (χ2v) is 6.19. The highest BCUT2D eigenvalue weighted by atomic mass is 16.3. The Labute approximate surface area is 155 Å². The maximum atomic E-state index is 12.6. The summed E-state index contributed by atoms with van der Waals surface area (Å²) >= 11 is 0. The Morgan fingerprint density at radius 3 is 2.93 bits per heavy atom. The molecule has 0 atom stereocenters. The predicted octanol–water partition coefficient (Wildman–Crippen LogP) is 3.84. The number of anilines is 3. The number of fused-ring (bicyclic) bond motifs is 2. The Hall–Kier alpha value is -3.61. The van der Waals surface area contributed by atoms with E-state index in [2.05, 4.69) is 20.6 Å². The van der Waals surface area contributed by atoms with Crippen molar-refractivity contribution >= 4 is 44.8 Å². The largest absolute Gasteiger partial charge is 0.447 e. The summed E-state index contributed by atoms with van der Waals surface area (Å²) in [7, 11) is 0. The van der Waals surface area contributed by atoms with Crippen molar-refractivity contribution in [1.82, 2.24) is 15.3 Å². The van der Waals surface area contributed by atoms with Gasteiger partial charge < -0.3 is 20.8 Å². The lowest BCUT2D eigenvalue weighted by Crippen LogP contribution is -2.24. The van der Waals surface area contributed by atoms with E-state index in [4.69, 9.17) is 10.2 Å². The summed E-state index contributed by atoms with van der Waals surface area (Å²) in [6, 6.07) is 9.47. The third kappa shape index (κ3) is 3.15. The van der Waals surface area contributed by atoms with Crippen LogP contribution in [-0.4, -0.2) is 22.4 Å². The Bertz CT molecular complexity index is 1140. The molecule has 7 nitrogen and oxygen atoms in total. The van der Waals surface area contributed by atoms with Gasteiger partial charge in [-0.2, -0.15) is 0 Å². The van der Waals surface area contributed by atoms with Crippen LogP contribution in [0.1, 0.15) is 23.9 Å². The molecule has 7 heteroatoms. The van der Waals surface area contributed by atoms with Crippen molar-refractivity contribution in [3.8, 4) is 0 Å². The highest BCUT2D eigenvalue weighted by Gasteiger charge is 2.20. The molecule has 0 saturated carbocycles. The molecule has 0 unspecified atom stereocenters. The monoisotopic (exact) mass is 361 g/mol. The molecule has 0 spiro atoms. The van der Waals surface area contributed by atoms with Gasteiger partial charge in [-0.05, 0) is 42.1 Å². The van der Waals surface area contributed by atoms with Crippen molar-refractivity contribution in [3.63, 3.8) is 0 Å². The standard InChI is InChI=1S/C20H19N5O2/c1-2-7-24-20(26)18-17(15-6-8-22-11-16(15)27-18)25-13-3-4-14-12(10-13)5-9-23-19(14)21/h3-6,8-11,25H,2,7H2,1H3,(H2,21,23)(H,24,26). The van der Waals surface area contributed by atoms with Crippen LogP contribution < -0.4 is 16.4 Å². The molecule has 4 aromatic rings. The first-order valence-electron chi connectivity index (χ1n) is 8.73.